The minimum absolute atomic E-state index is 0.189. The number of aliphatic imine (C=N–C) groups is 1. The average molecular weight is 237 g/mol. The maximum atomic E-state index is 10.7. The Labute approximate surface area is 104 Å². The topological polar surface area (TPSA) is 52.8 Å². The van der Waals surface area contributed by atoms with E-state index in [1.165, 1.54) is 6.08 Å². The zero-order valence-corrected chi connectivity index (χ0v) is 9.59. The van der Waals surface area contributed by atoms with Crippen LogP contribution in [0.4, 0.5) is 5.69 Å². The molecule has 1 heterocycles. The molecule has 0 fully saturated rings. The van der Waals surface area contributed by atoms with Crippen molar-refractivity contribution in [2.45, 2.75) is 12.0 Å². The average Bonchev–Trinajstić information content (AvgIpc) is 2.84. The van der Waals surface area contributed by atoms with Gasteiger partial charge in [0.25, 0.3) is 0 Å². The molecule has 3 aliphatic rings. The molecule has 1 aromatic carbocycles. The van der Waals surface area contributed by atoms with Gasteiger partial charge in [-0.05, 0) is 23.8 Å². The Kier molecular flexibility index (Phi) is 1.64. The molecule has 1 aromatic rings. The summed E-state index contributed by atoms with van der Waals surface area (Å²) in [7, 11) is 0. The van der Waals surface area contributed by atoms with Crippen molar-refractivity contribution in [1.82, 2.24) is 0 Å². The van der Waals surface area contributed by atoms with Crippen molar-refractivity contribution in [3.8, 4) is 0 Å². The summed E-state index contributed by atoms with van der Waals surface area (Å²) < 4.78 is 0. The largest absolute Gasteiger partial charge is 0.512 e. The molecule has 0 amide bonds. The predicted molar refractivity (Wildman–Crippen MR) is 69.9 cm³/mol. The highest BCUT2D eigenvalue weighted by Gasteiger charge is 2.46. The summed E-state index contributed by atoms with van der Waals surface area (Å²) in [6.45, 7) is 0. The zero-order valence-electron chi connectivity index (χ0n) is 9.59. The number of nitrogens with zero attached hydrogens (tertiary/aromatic N) is 1. The van der Waals surface area contributed by atoms with E-state index in [-0.39, 0.29) is 5.76 Å². The van der Waals surface area contributed by atoms with E-state index < -0.39 is 5.60 Å². The summed E-state index contributed by atoms with van der Waals surface area (Å²) in [5, 5.41) is 20.4. The van der Waals surface area contributed by atoms with Gasteiger partial charge >= 0.3 is 0 Å². The van der Waals surface area contributed by atoms with Crippen molar-refractivity contribution in [3.63, 3.8) is 0 Å². The molecule has 1 unspecified atom stereocenters. The van der Waals surface area contributed by atoms with E-state index in [0.29, 0.717) is 12.1 Å². The molecule has 0 radical (unpaired) electrons. The second-order valence-electron chi connectivity index (χ2n) is 4.80. The van der Waals surface area contributed by atoms with Gasteiger partial charge in [0.1, 0.15) is 0 Å². The number of rotatable bonds is 0. The maximum Gasteiger partial charge on any atom is 0.154 e. The summed E-state index contributed by atoms with van der Waals surface area (Å²) in [5.41, 5.74) is 3.07. The van der Waals surface area contributed by atoms with E-state index in [9.17, 15) is 10.2 Å². The molecule has 18 heavy (non-hydrogen) atoms. The Morgan fingerprint density at radius 1 is 1.22 bits per heavy atom. The van der Waals surface area contributed by atoms with Crippen molar-refractivity contribution in [2.24, 2.45) is 4.99 Å². The molecule has 3 heteroatoms. The van der Waals surface area contributed by atoms with E-state index in [0.717, 1.165) is 22.4 Å². The van der Waals surface area contributed by atoms with E-state index in [1.807, 2.05) is 36.4 Å². The van der Waals surface area contributed by atoms with Crippen LogP contribution in [-0.4, -0.2) is 21.5 Å². The van der Waals surface area contributed by atoms with Crippen LogP contribution in [0.5, 0.6) is 0 Å². The van der Waals surface area contributed by atoms with Gasteiger partial charge in [-0.25, -0.2) is 4.99 Å². The smallest absolute Gasteiger partial charge is 0.154 e. The second kappa shape index (κ2) is 3.00. The first kappa shape index (κ1) is 9.85. The number of aliphatic hydroxyl groups is 2. The van der Waals surface area contributed by atoms with E-state index in [4.69, 9.17) is 0 Å². The van der Waals surface area contributed by atoms with Gasteiger partial charge in [0.2, 0.25) is 0 Å². The lowest BCUT2D eigenvalue weighted by molar-refractivity contribution is 0.198. The van der Waals surface area contributed by atoms with Crippen LogP contribution in [0, 0.1) is 0 Å². The van der Waals surface area contributed by atoms with Crippen LogP contribution < -0.4 is 0 Å². The quantitative estimate of drug-likeness (QED) is 0.728. The number of aliphatic hydroxyl groups excluding tert-OH is 1. The van der Waals surface area contributed by atoms with Gasteiger partial charge in [0.15, 0.2) is 5.60 Å². The Morgan fingerprint density at radius 2 is 2.06 bits per heavy atom. The number of hydrogen-bond donors (Lipinski definition) is 2. The summed E-state index contributed by atoms with van der Waals surface area (Å²) in [6, 6.07) is 7.83. The van der Waals surface area contributed by atoms with Gasteiger partial charge in [-0.2, -0.15) is 0 Å². The third kappa shape index (κ3) is 1.05. The van der Waals surface area contributed by atoms with Crippen molar-refractivity contribution in [2.75, 3.05) is 0 Å². The zero-order chi connectivity index (χ0) is 12.3. The predicted octanol–water partition coefficient (Wildman–Crippen LogP) is 2.67. The monoisotopic (exact) mass is 237 g/mol. The summed E-state index contributed by atoms with van der Waals surface area (Å²) in [5.74, 6) is 0.189. The first-order chi connectivity index (χ1) is 8.68. The van der Waals surface area contributed by atoms with Gasteiger partial charge in [-0.3, -0.25) is 0 Å². The lowest BCUT2D eigenvalue weighted by atomic mass is 9.88. The lowest BCUT2D eigenvalue weighted by Crippen LogP contribution is -2.35. The van der Waals surface area contributed by atoms with Crippen molar-refractivity contribution < 1.29 is 10.2 Å². The molecule has 1 aliphatic heterocycles. The van der Waals surface area contributed by atoms with Crippen LogP contribution in [0.2, 0.25) is 0 Å². The standard InChI is InChI=1S/C15H11NO2/c17-10-6-5-9-7-12-11-3-1-2-4-13(11)16-14(12)15(9,18)8-10/h1-5,7-8,17-18H,6H2. The van der Waals surface area contributed by atoms with Crippen molar-refractivity contribution in [1.29, 1.82) is 0 Å². The number of allylic oxidation sites excluding steroid dienone is 1. The Bertz CT molecular complexity index is 694. The van der Waals surface area contributed by atoms with E-state index in [1.54, 1.807) is 0 Å². The highest BCUT2D eigenvalue weighted by molar-refractivity contribution is 6.37. The molecule has 0 spiro atoms. The molecule has 88 valence electrons. The Hall–Kier alpha value is -2.13. The van der Waals surface area contributed by atoms with Crippen LogP contribution in [-0.2, 0) is 0 Å². The van der Waals surface area contributed by atoms with Crippen LogP contribution in [0.1, 0.15) is 12.0 Å². The van der Waals surface area contributed by atoms with Gasteiger partial charge < -0.3 is 10.2 Å². The number of hydrogen-bond acceptors (Lipinski definition) is 3. The molecule has 2 N–H and O–H groups in total. The third-order valence-electron chi connectivity index (χ3n) is 3.69. The number of benzene rings is 1. The third-order valence-corrected chi connectivity index (χ3v) is 3.69. The Balaban J connectivity index is 1.97. The molecule has 0 saturated carbocycles. The maximum absolute atomic E-state index is 10.7. The fourth-order valence-corrected chi connectivity index (χ4v) is 2.83. The van der Waals surface area contributed by atoms with E-state index >= 15 is 0 Å². The van der Waals surface area contributed by atoms with Gasteiger partial charge in [0, 0.05) is 17.6 Å². The first-order valence-electron chi connectivity index (χ1n) is 5.93. The fourth-order valence-electron chi connectivity index (χ4n) is 2.83. The highest BCUT2D eigenvalue weighted by Crippen LogP contribution is 2.47. The van der Waals surface area contributed by atoms with E-state index in [2.05, 4.69) is 4.99 Å². The minimum Gasteiger partial charge on any atom is -0.512 e. The summed E-state index contributed by atoms with van der Waals surface area (Å²) >= 11 is 0. The molecule has 0 aromatic heterocycles. The van der Waals surface area contributed by atoms with Crippen LogP contribution in [0.3, 0.4) is 0 Å². The molecular formula is C15H11NO2. The van der Waals surface area contributed by atoms with Crippen molar-refractivity contribution >= 4 is 17.0 Å². The minimum atomic E-state index is -1.25. The Morgan fingerprint density at radius 3 is 2.94 bits per heavy atom. The number of fused-ring (bicyclic) bond motifs is 5. The first-order valence-corrected chi connectivity index (χ1v) is 5.93. The van der Waals surface area contributed by atoms with Crippen LogP contribution >= 0.6 is 0 Å². The van der Waals surface area contributed by atoms with Gasteiger partial charge in [-0.1, -0.05) is 24.3 Å². The molecule has 3 nitrogen and oxygen atoms in total. The normalized spacial score (nSPS) is 27.6. The summed E-state index contributed by atoms with van der Waals surface area (Å²) in [4.78, 5) is 4.51. The highest BCUT2D eigenvalue weighted by atomic mass is 16.3. The van der Waals surface area contributed by atoms with Crippen molar-refractivity contribution in [3.05, 3.63) is 59.4 Å². The molecular weight excluding hydrogens is 226 g/mol. The molecule has 1 atom stereocenters. The summed E-state index contributed by atoms with van der Waals surface area (Å²) in [6.07, 6.45) is 5.78. The SMILES string of the molecule is OC1=CC2(O)C(=CC1)C=C1C2=Nc2ccccc21. The van der Waals surface area contributed by atoms with Gasteiger partial charge in [-0.15, -0.1) is 0 Å². The molecule has 2 aliphatic carbocycles. The molecule has 0 bridgehead atoms. The van der Waals surface area contributed by atoms with Gasteiger partial charge in [0.05, 0.1) is 17.2 Å². The number of para-hydroxylation sites is 1. The molecule has 0 saturated heterocycles. The second-order valence-corrected chi connectivity index (χ2v) is 4.80. The molecule has 4 rings (SSSR count). The lowest BCUT2D eigenvalue weighted by Gasteiger charge is -2.24. The van der Waals surface area contributed by atoms with Crippen LogP contribution in [0.15, 0.2) is 58.8 Å². The fraction of sp³-hybridized carbons (Fsp3) is 0.133. The van der Waals surface area contributed by atoms with Crippen LogP contribution in [0.25, 0.3) is 5.57 Å².